The van der Waals surface area contributed by atoms with Crippen molar-refractivity contribution in [2.45, 2.75) is 44.7 Å². The molecule has 3 heteroatoms. The first-order valence-electron chi connectivity index (χ1n) is 6.90. The summed E-state index contributed by atoms with van der Waals surface area (Å²) in [5.41, 5.74) is 5.91. The molecule has 0 aromatic rings. The van der Waals surface area contributed by atoms with Crippen LogP contribution in [0.15, 0.2) is 0 Å². The number of hydrogen-bond donors (Lipinski definition) is 1. The predicted molar refractivity (Wildman–Crippen MR) is 68.5 cm³/mol. The van der Waals surface area contributed by atoms with E-state index in [4.69, 9.17) is 5.73 Å². The van der Waals surface area contributed by atoms with Crippen LogP contribution < -0.4 is 5.73 Å². The van der Waals surface area contributed by atoms with Crippen molar-refractivity contribution in [3.8, 4) is 0 Å². The van der Waals surface area contributed by atoms with Gasteiger partial charge in [0.25, 0.3) is 0 Å². The molecule has 16 heavy (non-hydrogen) atoms. The number of hydrogen-bond acceptors (Lipinski definition) is 3. The average molecular weight is 225 g/mol. The molecule has 0 aromatic carbocycles. The van der Waals surface area contributed by atoms with E-state index in [9.17, 15) is 0 Å². The van der Waals surface area contributed by atoms with E-state index in [0.29, 0.717) is 0 Å². The van der Waals surface area contributed by atoms with Gasteiger partial charge in [0, 0.05) is 18.6 Å². The normalized spacial score (nSPS) is 36.4. The lowest BCUT2D eigenvalue weighted by molar-refractivity contribution is 0.118. The lowest BCUT2D eigenvalue weighted by Gasteiger charge is -2.36. The highest BCUT2D eigenvalue weighted by molar-refractivity contribution is 4.91. The van der Waals surface area contributed by atoms with Crippen molar-refractivity contribution in [1.29, 1.82) is 0 Å². The molecule has 1 saturated carbocycles. The second kappa shape index (κ2) is 5.48. The smallest absolute Gasteiger partial charge is 0.0238 e. The van der Waals surface area contributed by atoms with E-state index in [-0.39, 0.29) is 0 Å². The van der Waals surface area contributed by atoms with Gasteiger partial charge < -0.3 is 10.6 Å². The lowest BCUT2D eigenvalue weighted by atomic mass is 10.00. The molecule has 3 nitrogen and oxygen atoms in total. The average Bonchev–Trinajstić information content (AvgIpc) is 2.89. The summed E-state index contributed by atoms with van der Waals surface area (Å²) in [5, 5.41) is 0. The van der Waals surface area contributed by atoms with Gasteiger partial charge in [-0.2, -0.15) is 0 Å². The maximum Gasteiger partial charge on any atom is 0.0238 e. The maximum atomic E-state index is 5.91. The molecule has 2 fully saturated rings. The first-order chi connectivity index (χ1) is 7.76. The Kier molecular flexibility index (Phi) is 4.22. The van der Waals surface area contributed by atoms with Gasteiger partial charge in [0.2, 0.25) is 0 Å². The van der Waals surface area contributed by atoms with Crippen LogP contribution in [-0.4, -0.2) is 55.1 Å². The van der Waals surface area contributed by atoms with Gasteiger partial charge in [-0.3, -0.25) is 4.90 Å². The van der Waals surface area contributed by atoms with Crippen molar-refractivity contribution < 1.29 is 0 Å². The molecular weight excluding hydrogens is 198 g/mol. The van der Waals surface area contributed by atoms with Gasteiger partial charge in [0.15, 0.2) is 0 Å². The van der Waals surface area contributed by atoms with Crippen LogP contribution in [0.3, 0.4) is 0 Å². The van der Waals surface area contributed by atoms with Gasteiger partial charge in [-0.15, -0.1) is 0 Å². The molecule has 0 spiro atoms. The minimum Gasteiger partial charge on any atom is -0.330 e. The molecular formula is C13H27N3. The maximum absolute atomic E-state index is 5.91. The molecule has 0 bridgehead atoms. The highest BCUT2D eigenvalue weighted by Gasteiger charge is 2.35. The van der Waals surface area contributed by atoms with Crippen molar-refractivity contribution in [2.24, 2.45) is 11.7 Å². The molecule has 2 aliphatic rings. The first kappa shape index (κ1) is 12.3. The molecule has 2 rings (SSSR count). The van der Waals surface area contributed by atoms with Crippen molar-refractivity contribution in [3.63, 3.8) is 0 Å². The fourth-order valence-electron chi connectivity index (χ4n) is 3.67. The third-order valence-electron chi connectivity index (χ3n) is 4.55. The summed E-state index contributed by atoms with van der Waals surface area (Å²) in [4.78, 5) is 5.20. The Morgan fingerprint density at radius 1 is 1.31 bits per heavy atom. The summed E-state index contributed by atoms with van der Waals surface area (Å²) in [6.45, 7) is 6.90. The summed E-state index contributed by atoms with van der Waals surface area (Å²) in [7, 11) is 2.24. The third-order valence-corrected chi connectivity index (χ3v) is 4.55. The zero-order chi connectivity index (χ0) is 11.5. The van der Waals surface area contributed by atoms with Crippen molar-refractivity contribution >= 4 is 0 Å². The molecule has 1 aliphatic heterocycles. The zero-order valence-corrected chi connectivity index (χ0v) is 10.9. The fourth-order valence-corrected chi connectivity index (χ4v) is 3.67. The van der Waals surface area contributed by atoms with Gasteiger partial charge >= 0.3 is 0 Å². The number of nitrogens with two attached hydrogens (primary N) is 1. The van der Waals surface area contributed by atoms with Crippen LogP contribution in [0.4, 0.5) is 0 Å². The van der Waals surface area contributed by atoms with E-state index in [1.165, 1.54) is 45.3 Å². The van der Waals surface area contributed by atoms with Crippen LogP contribution >= 0.6 is 0 Å². The van der Waals surface area contributed by atoms with E-state index in [2.05, 4.69) is 23.8 Å². The Bertz CT molecular complexity index is 219. The Labute approximate surface area is 100.0 Å². The Hall–Kier alpha value is -0.120. The van der Waals surface area contributed by atoms with E-state index < -0.39 is 0 Å². The third kappa shape index (κ3) is 2.41. The number of rotatable bonds is 4. The second-order valence-electron chi connectivity index (χ2n) is 5.53. The van der Waals surface area contributed by atoms with Crippen LogP contribution in [0, 0.1) is 5.92 Å². The minimum atomic E-state index is 0.755. The molecule has 0 radical (unpaired) electrons. The zero-order valence-electron chi connectivity index (χ0n) is 10.9. The van der Waals surface area contributed by atoms with Crippen LogP contribution in [0.5, 0.6) is 0 Å². The molecule has 1 aliphatic carbocycles. The Morgan fingerprint density at radius 3 is 2.69 bits per heavy atom. The molecule has 3 unspecified atom stereocenters. The second-order valence-corrected chi connectivity index (χ2v) is 5.53. The van der Waals surface area contributed by atoms with Crippen LogP contribution in [0.2, 0.25) is 0 Å². The summed E-state index contributed by atoms with van der Waals surface area (Å²) < 4.78 is 0. The van der Waals surface area contributed by atoms with Gasteiger partial charge in [-0.1, -0.05) is 13.3 Å². The van der Waals surface area contributed by atoms with Gasteiger partial charge in [0.05, 0.1) is 0 Å². The molecule has 0 aromatic heterocycles. The van der Waals surface area contributed by atoms with E-state index in [0.717, 1.165) is 24.5 Å². The SMILES string of the molecule is CCN(C1CCN(C)C1)C1CCCC1CN. The number of likely N-dealkylation sites (N-methyl/N-ethyl adjacent to an activating group) is 2. The molecule has 2 N–H and O–H groups in total. The van der Waals surface area contributed by atoms with E-state index in [1.54, 1.807) is 0 Å². The van der Waals surface area contributed by atoms with Crippen molar-refractivity contribution in [1.82, 2.24) is 9.80 Å². The molecule has 0 amide bonds. The topological polar surface area (TPSA) is 32.5 Å². The number of nitrogens with zero attached hydrogens (tertiary/aromatic N) is 2. The first-order valence-corrected chi connectivity index (χ1v) is 6.90. The standard InChI is InChI=1S/C13H27N3/c1-3-16(12-7-8-15(2)10-12)13-6-4-5-11(13)9-14/h11-13H,3-10,14H2,1-2H3. The Morgan fingerprint density at radius 2 is 2.12 bits per heavy atom. The van der Waals surface area contributed by atoms with Crippen LogP contribution in [0.1, 0.15) is 32.6 Å². The lowest BCUT2D eigenvalue weighted by Crippen LogP contribution is -2.47. The van der Waals surface area contributed by atoms with Gasteiger partial charge in [-0.25, -0.2) is 0 Å². The Balaban J connectivity index is 1.98. The van der Waals surface area contributed by atoms with Crippen LogP contribution in [0.25, 0.3) is 0 Å². The van der Waals surface area contributed by atoms with Crippen molar-refractivity contribution in [3.05, 3.63) is 0 Å². The van der Waals surface area contributed by atoms with Crippen LogP contribution in [-0.2, 0) is 0 Å². The highest BCUT2D eigenvalue weighted by Crippen LogP contribution is 2.32. The molecule has 3 atom stereocenters. The fraction of sp³-hybridized carbons (Fsp3) is 1.00. The number of likely N-dealkylation sites (tertiary alicyclic amines) is 1. The van der Waals surface area contributed by atoms with Crippen molar-refractivity contribution in [2.75, 3.05) is 33.2 Å². The molecule has 1 saturated heterocycles. The highest BCUT2D eigenvalue weighted by atomic mass is 15.3. The minimum absolute atomic E-state index is 0.755. The van der Waals surface area contributed by atoms with E-state index in [1.807, 2.05) is 0 Å². The summed E-state index contributed by atoms with van der Waals surface area (Å²) in [6.07, 6.45) is 5.44. The molecule has 1 heterocycles. The summed E-state index contributed by atoms with van der Waals surface area (Å²) in [5.74, 6) is 0.755. The predicted octanol–water partition coefficient (Wildman–Crippen LogP) is 1.14. The summed E-state index contributed by atoms with van der Waals surface area (Å²) >= 11 is 0. The van der Waals surface area contributed by atoms with Gasteiger partial charge in [0.1, 0.15) is 0 Å². The quantitative estimate of drug-likeness (QED) is 0.779. The largest absolute Gasteiger partial charge is 0.330 e. The monoisotopic (exact) mass is 225 g/mol. The summed E-state index contributed by atoms with van der Waals surface area (Å²) in [6, 6.07) is 1.55. The van der Waals surface area contributed by atoms with E-state index >= 15 is 0 Å². The van der Waals surface area contributed by atoms with Gasteiger partial charge in [-0.05, 0) is 51.9 Å². The molecule has 94 valence electrons.